The lowest BCUT2D eigenvalue weighted by Gasteiger charge is -2.34. The molecule has 1 aliphatic heterocycles. The Kier molecular flexibility index (Phi) is 3.47. The fourth-order valence-electron chi connectivity index (χ4n) is 1.22. The summed E-state index contributed by atoms with van der Waals surface area (Å²) in [5.74, 6) is -0.667. The highest BCUT2D eigenvalue weighted by atomic mass is 16.6. The molecule has 7 heteroatoms. The van der Waals surface area contributed by atoms with Gasteiger partial charge in [0.15, 0.2) is 6.29 Å². The van der Waals surface area contributed by atoms with E-state index in [0.717, 1.165) is 0 Å². The number of rotatable bonds is 2. The van der Waals surface area contributed by atoms with Gasteiger partial charge in [-0.1, -0.05) is 5.11 Å². The van der Waals surface area contributed by atoms with Crippen LogP contribution in [0.3, 0.4) is 0 Å². The van der Waals surface area contributed by atoms with E-state index >= 15 is 0 Å². The summed E-state index contributed by atoms with van der Waals surface area (Å²) in [6.45, 7) is -0.122. The Labute approximate surface area is 74.2 Å². The zero-order valence-electron chi connectivity index (χ0n) is 6.82. The maximum Gasteiger partial charge on any atom is 0.181 e. The first-order valence-electron chi connectivity index (χ1n) is 3.83. The molecule has 0 spiro atoms. The molecule has 74 valence electrons. The molecule has 1 saturated heterocycles. The van der Waals surface area contributed by atoms with Crippen molar-refractivity contribution in [1.82, 2.24) is 0 Å². The highest BCUT2D eigenvalue weighted by molar-refractivity contribution is 4.83. The van der Waals surface area contributed by atoms with Crippen LogP contribution in [0.15, 0.2) is 5.11 Å². The monoisotopic (exact) mass is 189 g/mol. The van der Waals surface area contributed by atoms with Crippen LogP contribution in [0.1, 0.15) is 0 Å². The summed E-state index contributed by atoms with van der Waals surface area (Å²) in [4.78, 5) is 2.50. The van der Waals surface area contributed by atoms with E-state index in [-0.39, 0.29) is 13.2 Å². The number of aliphatic hydroxyl groups excluding tert-OH is 3. The lowest BCUT2D eigenvalue weighted by atomic mass is 9.94. The average Bonchev–Trinajstić information content (AvgIpc) is 2.12. The van der Waals surface area contributed by atoms with Crippen LogP contribution in [0, 0.1) is 5.92 Å². The van der Waals surface area contributed by atoms with E-state index in [0.29, 0.717) is 0 Å². The van der Waals surface area contributed by atoms with Crippen molar-refractivity contribution in [2.75, 3.05) is 13.2 Å². The molecule has 0 aliphatic carbocycles. The van der Waals surface area contributed by atoms with Crippen LogP contribution in [-0.4, -0.2) is 47.0 Å². The van der Waals surface area contributed by atoms with Crippen molar-refractivity contribution in [2.24, 2.45) is 11.0 Å². The SMILES string of the molecule is [N-]=[N+]=NCC1C(O)COC(O)C1O. The summed E-state index contributed by atoms with van der Waals surface area (Å²) in [5.41, 5.74) is 8.04. The van der Waals surface area contributed by atoms with E-state index in [1.165, 1.54) is 0 Å². The first-order valence-corrected chi connectivity index (χ1v) is 3.83. The van der Waals surface area contributed by atoms with Crippen molar-refractivity contribution in [3.05, 3.63) is 10.4 Å². The molecule has 13 heavy (non-hydrogen) atoms. The van der Waals surface area contributed by atoms with Gasteiger partial charge in [-0.05, 0) is 5.53 Å². The van der Waals surface area contributed by atoms with Crippen molar-refractivity contribution < 1.29 is 20.1 Å². The van der Waals surface area contributed by atoms with Crippen LogP contribution in [0.5, 0.6) is 0 Å². The Morgan fingerprint density at radius 3 is 2.77 bits per heavy atom. The zero-order valence-corrected chi connectivity index (χ0v) is 6.82. The molecule has 3 N–H and O–H groups in total. The molecule has 1 aliphatic rings. The second kappa shape index (κ2) is 4.40. The quantitative estimate of drug-likeness (QED) is 0.292. The van der Waals surface area contributed by atoms with Gasteiger partial charge in [0.1, 0.15) is 6.10 Å². The van der Waals surface area contributed by atoms with Gasteiger partial charge in [0.2, 0.25) is 0 Å². The molecular weight excluding hydrogens is 178 g/mol. The third kappa shape index (κ3) is 2.30. The van der Waals surface area contributed by atoms with Crippen LogP contribution >= 0.6 is 0 Å². The molecule has 0 aromatic carbocycles. The largest absolute Gasteiger partial charge is 0.390 e. The highest BCUT2D eigenvalue weighted by Crippen LogP contribution is 2.20. The Balaban J connectivity index is 2.60. The molecular formula is C6H11N3O4. The number of ether oxygens (including phenoxy) is 1. The summed E-state index contributed by atoms with van der Waals surface area (Å²) >= 11 is 0. The normalized spacial score (nSPS) is 39.6. The van der Waals surface area contributed by atoms with Gasteiger partial charge in [0, 0.05) is 17.4 Å². The molecule has 0 bridgehead atoms. The fourth-order valence-corrected chi connectivity index (χ4v) is 1.22. The molecule has 0 saturated carbocycles. The third-order valence-corrected chi connectivity index (χ3v) is 2.02. The van der Waals surface area contributed by atoms with Gasteiger partial charge >= 0.3 is 0 Å². The van der Waals surface area contributed by atoms with E-state index in [2.05, 4.69) is 14.8 Å². The Hall–Kier alpha value is -0.850. The van der Waals surface area contributed by atoms with Gasteiger partial charge in [0.25, 0.3) is 0 Å². The molecule has 1 rings (SSSR count). The van der Waals surface area contributed by atoms with E-state index in [1.807, 2.05) is 0 Å². The second-order valence-corrected chi connectivity index (χ2v) is 2.86. The molecule has 1 fully saturated rings. The van der Waals surface area contributed by atoms with Crippen molar-refractivity contribution in [3.8, 4) is 0 Å². The van der Waals surface area contributed by atoms with Crippen molar-refractivity contribution >= 4 is 0 Å². The molecule has 1 heterocycles. The summed E-state index contributed by atoms with van der Waals surface area (Å²) in [5, 5.41) is 30.9. The fraction of sp³-hybridized carbons (Fsp3) is 1.00. The Morgan fingerprint density at radius 1 is 1.46 bits per heavy atom. The van der Waals surface area contributed by atoms with Crippen molar-refractivity contribution in [1.29, 1.82) is 0 Å². The summed E-state index contributed by atoms with van der Waals surface area (Å²) in [6, 6.07) is 0. The third-order valence-electron chi connectivity index (χ3n) is 2.02. The minimum Gasteiger partial charge on any atom is -0.390 e. The molecule has 0 aromatic rings. The van der Waals surface area contributed by atoms with Crippen molar-refractivity contribution in [2.45, 2.75) is 18.5 Å². The smallest absolute Gasteiger partial charge is 0.181 e. The first kappa shape index (κ1) is 10.2. The van der Waals surface area contributed by atoms with Gasteiger partial charge in [-0.2, -0.15) is 0 Å². The molecule has 0 aromatic heterocycles. The second-order valence-electron chi connectivity index (χ2n) is 2.86. The van der Waals surface area contributed by atoms with Crippen LogP contribution in [-0.2, 0) is 4.74 Å². The Bertz CT molecular complexity index is 218. The predicted molar refractivity (Wildman–Crippen MR) is 41.5 cm³/mol. The van der Waals surface area contributed by atoms with Crippen LogP contribution in [0.4, 0.5) is 0 Å². The molecule has 0 radical (unpaired) electrons. The van der Waals surface area contributed by atoms with Gasteiger partial charge in [0.05, 0.1) is 12.7 Å². The summed E-state index contributed by atoms with van der Waals surface area (Å²) < 4.78 is 4.63. The maximum atomic E-state index is 9.32. The van der Waals surface area contributed by atoms with E-state index in [9.17, 15) is 10.2 Å². The summed E-state index contributed by atoms with van der Waals surface area (Å²) in [6.07, 6.45) is -3.44. The lowest BCUT2D eigenvalue weighted by molar-refractivity contribution is -0.234. The molecule has 0 amide bonds. The molecule has 4 atom stereocenters. The predicted octanol–water partition coefficient (Wildman–Crippen LogP) is -1.02. The number of azide groups is 1. The minimum absolute atomic E-state index is 0.0563. The number of nitrogens with zero attached hydrogens (tertiary/aromatic N) is 3. The molecule has 4 unspecified atom stereocenters. The Morgan fingerprint density at radius 2 is 2.15 bits per heavy atom. The topological polar surface area (TPSA) is 119 Å². The van der Waals surface area contributed by atoms with Gasteiger partial charge in [-0.3, -0.25) is 0 Å². The van der Waals surface area contributed by atoms with Gasteiger partial charge in [-0.15, -0.1) is 0 Å². The van der Waals surface area contributed by atoms with Crippen LogP contribution in [0.2, 0.25) is 0 Å². The van der Waals surface area contributed by atoms with Crippen LogP contribution < -0.4 is 0 Å². The van der Waals surface area contributed by atoms with Crippen LogP contribution in [0.25, 0.3) is 10.4 Å². The summed E-state index contributed by atoms with van der Waals surface area (Å²) in [7, 11) is 0. The van der Waals surface area contributed by atoms with Gasteiger partial charge in [-0.25, -0.2) is 0 Å². The average molecular weight is 189 g/mol. The van der Waals surface area contributed by atoms with E-state index in [4.69, 9.17) is 10.6 Å². The standard InChI is InChI=1S/C6H11N3O4/c7-9-8-1-3-4(10)2-13-6(12)5(3)11/h3-6,10-12H,1-2H2. The zero-order chi connectivity index (χ0) is 9.84. The van der Waals surface area contributed by atoms with E-state index in [1.54, 1.807) is 0 Å². The number of hydrogen-bond acceptors (Lipinski definition) is 5. The highest BCUT2D eigenvalue weighted by Gasteiger charge is 2.37. The minimum atomic E-state index is -1.32. The number of aliphatic hydroxyl groups is 3. The molecule has 7 nitrogen and oxygen atoms in total. The maximum absolute atomic E-state index is 9.32. The van der Waals surface area contributed by atoms with E-state index < -0.39 is 24.4 Å². The first-order chi connectivity index (χ1) is 6.16. The number of hydrogen-bond donors (Lipinski definition) is 3. The lowest BCUT2D eigenvalue weighted by Crippen LogP contribution is -2.50. The van der Waals surface area contributed by atoms with Gasteiger partial charge < -0.3 is 20.1 Å². The van der Waals surface area contributed by atoms with Crippen molar-refractivity contribution in [3.63, 3.8) is 0 Å².